The van der Waals surface area contributed by atoms with Crippen LogP contribution in [0.1, 0.15) is 20.9 Å². The molecule has 5 nitrogen and oxygen atoms in total. The maximum absolute atomic E-state index is 13.3. The molecule has 32 heavy (non-hydrogen) atoms. The van der Waals surface area contributed by atoms with Gasteiger partial charge >= 0.3 is 6.18 Å². The molecule has 1 aromatic heterocycles. The fourth-order valence-electron chi connectivity index (χ4n) is 3.39. The highest BCUT2D eigenvalue weighted by Gasteiger charge is 2.32. The highest BCUT2D eigenvalue weighted by atomic mass is 32.1. The monoisotopic (exact) mass is 465 g/mol. The number of anilines is 2. The summed E-state index contributed by atoms with van der Waals surface area (Å²) in [6.07, 6.45) is -4.54. The highest BCUT2D eigenvalue weighted by molar-refractivity contribution is 7.17. The quantitative estimate of drug-likeness (QED) is 0.527. The number of nitrogens with one attached hydrogen (secondary N) is 1. The minimum absolute atomic E-state index is 0.0721. The molecule has 1 aliphatic heterocycles. The third-order valence-electron chi connectivity index (χ3n) is 5.02. The van der Waals surface area contributed by atoms with Crippen molar-refractivity contribution in [3.8, 4) is 10.6 Å². The summed E-state index contributed by atoms with van der Waals surface area (Å²) in [6, 6.07) is 9.02. The molecule has 4 rings (SSSR count). The summed E-state index contributed by atoms with van der Waals surface area (Å²) >= 11 is 1.10. The summed E-state index contributed by atoms with van der Waals surface area (Å²) < 4.78 is 58.4. The summed E-state index contributed by atoms with van der Waals surface area (Å²) in [5.41, 5.74) is 0.801. The van der Waals surface area contributed by atoms with Crippen molar-refractivity contribution in [1.82, 2.24) is 4.98 Å². The van der Waals surface area contributed by atoms with Gasteiger partial charge in [-0.3, -0.25) is 4.79 Å². The van der Waals surface area contributed by atoms with Crippen molar-refractivity contribution in [2.24, 2.45) is 0 Å². The van der Waals surface area contributed by atoms with Gasteiger partial charge in [-0.1, -0.05) is 0 Å². The minimum Gasteiger partial charge on any atom is -0.378 e. The number of hydrogen-bond acceptors (Lipinski definition) is 5. The zero-order valence-corrected chi connectivity index (χ0v) is 17.8. The van der Waals surface area contributed by atoms with E-state index in [0.29, 0.717) is 48.3 Å². The molecule has 0 radical (unpaired) electrons. The van der Waals surface area contributed by atoms with E-state index in [1.165, 1.54) is 18.2 Å². The first kappa shape index (κ1) is 22.2. The maximum Gasteiger partial charge on any atom is 0.416 e. The Hall–Kier alpha value is -2.98. The van der Waals surface area contributed by atoms with Gasteiger partial charge in [-0.05, 0) is 49.4 Å². The van der Waals surface area contributed by atoms with Crippen LogP contribution in [0, 0.1) is 12.7 Å². The Kier molecular flexibility index (Phi) is 6.16. The summed E-state index contributed by atoms with van der Waals surface area (Å²) in [6.45, 7) is 3.55. The zero-order valence-electron chi connectivity index (χ0n) is 17.0. The normalized spacial score (nSPS) is 14.5. The van der Waals surface area contributed by atoms with E-state index in [9.17, 15) is 22.4 Å². The number of rotatable bonds is 4. The Labute approximate surface area is 185 Å². The summed E-state index contributed by atoms with van der Waals surface area (Å²) in [7, 11) is 0. The maximum atomic E-state index is 13.3. The lowest BCUT2D eigenvalue weighted by atomic mass is 10.1. The molecule has 10 heteroatoms. The molecule has 0 aliphatic carbocycles. The number of morpholine rings is 1. The van der Waals surface area contributed by atoms with Crippen LogP contribution >= 0.6 is 11.3 Å². The molecule has 1 amide bonds. The predicted molar refractivity (Wildman–Crippen MR) is 115 cm³/mol. The van der Waals surface area contributed by atoms with Crippen LogP contribution in [-0.2, 0) is 10.9 Å². The van der Waals surface area contributed by atoms with E-state index in [1.807, 2.05) is 4.90 Å². The molecule has 1 aliphatic rings. The van der Waals surface area contributed by atoms with E-state index >= 15 is 0 Å². The van der Waals surface area contributed by atoms with Crippen molar-refractivity contribution in [2.45, 2.75) is 13.1 Å². The number of nitrogens with zero attached hydrogens (tertiary/aromatic N) is 2. The van der Waals surface area contributed by atoms with Crippen molar-refractivity contribution >= 4 is 28.6 Å². The Balaban J connectivity index is 1.65. The zero-order chi connectivity index (χ0) is 22.9. The van der Waals surface area contributed by atoms with Crippen LogP contribution in [0.4, 0.5) is 28.9 Å². The van der Waals surface area contributed by atoms with Crippen molar-refractivity contribution in [3.63, 3.8) is 0 Å². The van der Waals surface area contributed by atoms with Crippen molar-refractivity contribution in [1.29, 1.82) is 0 Å². The van der Waals surface area contributed by atoms with Crippen LogP contribution in [0.25, 0.3) is 10.6 Å². The lowest BCUT2D eigenvalue weighted by Crippen LogP contribution is -2.36. The van der Waals surface area contributed by atoms with Gasteiger partial charge in [-0.2, -0.15) is 13.2 Å². The molecule has 2 heterocycles. The minimum atomic E-state index is -4.54. The van der Waals surface area contributed by atoms with Gasteiger partial charge in [-0.15, -0.1) is 11.3 Å². The molecule has 1 fully saturated rings. The molecule has 0 bridgehead atoms. The first-order chi connectivity index (χ1) is 15.2. The Morgan fingerprint density at radius 3 is 2.47 bits per heavy atom. The fourth-order valence-corrected chi connectivity index (χ4v) is 4.36. The van der Waals surface area contributed by atoms with E-state index in [1.54, 1.807) is 19.1 Å². The van der Waals surface area contributed by atoms with Gasteiger partial charge in [0.2, 0.25) is 0 Å². The smallest absolute Gasteiger partial charge is 0.378 e. The summed E-state index contributed by atoms with van der Waals surface area (Å²) in [5.74, 6) is -0.942. The molecule has 168 valence electrons. The number of carbonyl (C=O) groups is 1. The van der Waals surface area contributed by atoms with Crippen LogP contribution < -0.4 is 10.2 Å². The summed E-state index contributed by atoms with van der Waals surface area (Å²) in [5, 5.41) is 3.16. The number of thiazole rings is 1. The SMILES string of the molecule is Cc1nc(-c2ccc(F)cc2)sc1C(=O)Nc1cc(C(F)(F)F)ccc1N1CCOCC1. The molecule has 0 unspecified atom stereocenters. The molecule has 0 spiro atoms. The van der Waals surface area contributed by atoms with Gasteiger partial charge < -0.3 is 15.0 Å². The highest BCUT2D eigenvalue weighted by Crippen LogP contribution is 2.36. The van der Waals surface area contributed by atoms with Crippen LogP contribution in [0.15, 0.2) is 42.5 Å². The van der Waals surface area contributed by atoms with E-state index < -0.39 is 17.6 Å². The van der Waals surface area contributed by atoms with Crippen molar-refractivity contribution in [3.05, 3.63) is 64.4 Å². The van der Waals surface area contributed by atoms with Crippen LogP contribution in [0.2, 0.25) is 0 Å². The summed E-state index contributed by atoms with van der Waals surface area (Å²) in [4.78, 5) is 19.5. The molecule has 1 N–H and O–H groups in total. The second-order valence-electron chi connectivity index (χ2n) is 7.22. The van der Waals surface area contributed by atoms with Crippen molar-refractivity contribution in [2.75, 3.05) is 36.5 Å². The molecule has 0 atom stereocenters. The topological polar surface area (TPSA) is 54.5 Å². The molecule has 3 aromatic rings. The lowest BCUT2D eigenvalue weighted by Gasteiger charge is -2.31. The van der Waals surface area contributed by atoms with Gasteiger partial charge in [0.25, 0.3) is 5.91 Å². The number of amides is 1. The van der Waals surface area contributed by atoms with E-state index in [0.717, 1.165) is 23.5 Å². The number of aromatic nitrogens is 1. The second kappa shape index (κ2) is 8.87. The lowest BCUT2D eigenvalue weighted by molar-refractivity contribution is -0.137. The van der Waals surface area contributed by atoms with Crippen LogP contribution in [0.3, 0.4) is 0 Å². The number of ether oxygens (including phenoxy) is 1. The van der Waals surface area contributed by atoms with Gasteiger partial charge in [0, 0.05) is 18.7 Å². The number of halogens is 4. The first-order valence-electron chi connectivity index (χ1n) is 9.81. The number of benzene rings is 2. The average Bonchev–Trinajstić information content (AvgIpc) is 3.16. The standard InChI is InChI=1S/C22H19F4N3O2S/c1-13-19(32-21(27-13)14-2-5-16(23)6-3-14)20(30)28-17-12-15(22(24,25)26)4-7-18(17)29-8-10-31-11-9-29/h2-7,12H,8-11H2,1H3,(H,28,30). The second-order valence-corrected chi connectivity index (χ2v) is 8.22. The van der Waals surface area contributed by atoms with Crippen molar-refractivity contribution < 1.29 is 27.1 Å². The third kappa shape index (κ3) is 4.76. The average molecular weight is 465 g/mol. The molecular weight excluding hydrogens is 446 g/mol. The molecule has 0 saturated carbocycles. The largest absolute Gasteiger partial charge is 0.416 e. The fraction of sp³-hybridized carbons (Fsp3) is 0.273. The van der Waals surface area contributed by atoms with Gasteiger partial charge in [-0.25, -0.2) is 9.37 Å². The Bertz CT molecular complexity index is 1120. The van der Waals surface area contributed by atoms with Gasteiger partial charge in [0.05, 0.1) is 35.8 Å². The number of hydrogen-bond donors (Lipinski definition) is 1. The first-order valence-corrected chi connectivity index (χ1v) is 10.6. The number of aryl methyl sites for hydroxylation is 1. The number of alkyl halides is 3. The Morgan fingerprint density at radius 1 is 1.12 bits per heavy atom. The van der Waals surface area contributed by atoms with E-state index in [2.05, 4.69) is 10.3 Å². The van der Waals surface area contributed by atoms with Gasteiger partial charge in [0.15, 0.2) is 0 Å². The van der Waals surface area contributed by atoms with Gasteiger partial charge in [0.1, 0.15) is 15.7 Å². The Morgan fingerprint density at radius 2 is 1.81 bits per heavy atom. The number of carbonyl (C=O) groups excluding carboxylic acids is 1. The third-order valence-corrected chi connectivity index (χ3v) is 6.22. The van der Waals surface area contributed by atoms with E-state index in [4.69, 9.17) is 4.74 Å². The van der Waals surface area contributed by atoms with E-state index in [-0.39, 0.29) is 16.4 Å². The predicted octanol–water partition coefficient (Wildman–Crippen LogP) is 5.37. The van der Waals surface area contributed by atoms with Crippen LogP contribution in [0.5, 0.6) is 0 Å². The molecule has 1 saturated heterocycles. The molecular formula is C22H19F4N3O2S. The molecule has 2 aromatic carbocycles. The van der Waals surface area contributed by atoms with Crippen LogP contribution in [-0.4, -0.2) is 37.2 Å².